The highest BCUT2D eigenvalue weighted by atomic mass is 32.1. The van der Waals surface area contributed by atoms with Crippen LogP contribution in [-0.2, 0) is 11.2 Å². The molecule has 0 radical (unpaired) electrons. The van der Waals surface area contributed by atoms with Gasteiger partial charge in [0.15, 0.2) is 0 Å². The van der Waals surface area contributed by atoms with Gasteiger partial charge in [-0.05, 0) is 24.8 Å². The number of carbonyl (C=O) groups excluding carboxylic acids is 1. The molecule has 5 heteroatoms. The minimum absolute atomic E-state index is 0.199. The summed E-state index contributed by atoms with van der Waals surface area (Å²) < 4.78 is 0. The topological polar surface area (TPSA) is 33.2 Å². The molecule has 1 fully saturated rings. The van der Waals surface area contributed by atoms with Crippen molar-refractivity contribution in [2.75, 3.05) is 6.54 Å². The Morgan fingerprint density at radius 1 is 1.56 bits per heavy atom. The monoisotopic (exact) mass is 278 g/mol. The fourth-order valence-electron chi connectivity index (χ4n) is 2.21. The van der Waals surface area contributed by atoms with Crippen LogP contribution in [0.2, 0.25) is 0 Å². The van der Waals surface area contributed by atoms with Crippen molar-refractivity contribution in [3.05, 3.63) is 38.5 Å². The highest BCUT2D eigenvalue weighted by molar-refractivity contribution is 7.10. The average Bonchev–Trinajstić information content (AvgIpc) is 2.89. The molecule has 1 amide bonds. The molecule has 18 heavy (non-hydrogen) atoms. The summed E-state index contributed by atoms with van der Waals surface area (Å²) in [5.74, 6) is 0.199. The van der Waals surface area contributed by atoms with Gasteiger partial charge in [-0.3, -0.25) is 4.79 Å². The molecule has 0 aromatic carbocycles. The second kappa shape index (κ2) is 4.82. The van der Waals surface area contributed by atoms with Crippen LogP contribution in [0.4, 0.5) is 0 Å². The molecule has 3 nitrogen and oxygen atoms in total. The fraction of sp³-hybridized carbons (Fsp3) is 0.385. The average molecular weight is 278 g/mol. The summed E-state index contributed by atoms with van der Waals surface area (Å²) in [7, 11) is 0. The molecule has 1 aliphatic heterocycles. The Balaban J connectivity index is 1.66. The third kappa shape index (κ3) is 2.20. The van der Waals surface area contributed by atoms with Crippen molar-refractivity contribution >= 4 is 28.6 Å². The molecular weight excluding hydrogens is 264 g/mol. The Morgan fingerprint density at radius 3 is 3.00 bits per heavy atom. The number of likely N-dealkylation sites (tertiary alicyclic amines) is 1. The van der Waals surface area contributed by atoms with E-state index in [-0.39, 0.29) is 5.91 Å². The van der Waals surface area contributed by atoms with Crippen molar-refractivity contribution in [3.8, 4) is 0 Å². The van der Waals surface area contributed by atoms with Gasteiger partial charge in [0.1, 0.15) is 0 Å². The zero-order chi connectivity index (χ0) is 12.5. The molecule has 1 aliphatic rings. The van der Waals surface area contributed by atoms with Crippen LogP contribution >= 0.6 is 22.7 Å². The second-order valence-corrected chi connectivity index (χ2v) is 6.48. The summed E-state index contributed by atoms with van der Waals surface area (Å²) in [6, 6.07) is 4.46. The molecule has 94 valence electrons. The Kier molecular flexibility index (Phi) is 3.18. The van der Waals surface area contributed by atoms with Gasteiger partial charge < -0.3 is 4.90 Å². The predicted molar refractivity (Wildman–Crippen MR) is 73.9 cm³/mol. The second-order valence-electron chi connectivity index (χ2n) is 4.44. The molecule has 0 N–H and O–H groups in total. The van der Waals surface area contributed by atoms with Gasteiger partial charge in [-0.15, -0.1) is 22.7 Å². The van der Waals surface area contributed by atoms with Crippen LogP contribution in [0.25, 0.3) is 0 Å². The number of hydrogen-bond donors (Lipinski definition) is 0. The lowest BCUT2D eigenvalue weighted by molar-refractivity contribution is -0.138. The molecule has 3 rings (SSSR count). The van der Waals surface area contributed by atoms with Gasteiger partial charge in [0, 0.05) is 16.8 Å². The number of nitrogens with zero attached hydrogens (tertiary/aromatic N) is 2. The van der Waals surface area contributed by atoms with Gasteiger partial charge in [-0.1, -0.05) is 6.07 Å². The van der Waals surface area contributed by atoms with E-state index in [1.807, 2.05) is 23.3 Å². The highest BCUT2D eigenvalue weighted by Crippen LogP contribution is 2.36. The zero-order valence-corrected chi connectivity index (χ0v) is 11.8. The van der Waals surface area contributed by atoms with Gasteiger partial charge in [-0.2, -0.15) is 0 Å². The van der Waals surface area contributed by atoms with Gasteiger partial charge in [0.25, 0.3) is 0 Å². The SMILES string of the molecule is Cc1nc(CC(=O)N2CCC2c2cccs2)cs1. The summed E-state index contributed by atoms with van der Waals surface area (Å²) in [5.41, 5.74) is 0.902. The van der Waals surface area contributed by atoms with Crippen LogP contribution in [0.15, 0.2) is 22.9 Å². The van der Waals surface area contributed by atoms with Gasteiger partial charge in [-0.25, -0.2) is 4.98 Å². The maximum atomic E-state index is 12.2. The molecule has 1 saturated heterocycles. The summed E-state index contributed by atoms with van der Waals surface area (Å²) in [6.45, 7) is 2.85. The molecular formula is C13H14N2OS2. The molecule has 3 heterocycles. The molecule has 2 aromatic rings. The van der Waals surface area contributed by atoms with Crippen molar-refractivity contribution in [1.29, 1.82) is 0 Å². The molecule has 1 atom stereocenters. The lowest BCUT2D eigenvalue weighted by Crippen LogP contribution is -2.45. The summed E-state index contributed by atoms with van der Waals surface area (Å²) in [4.78, 5) is 19.8. The van der Waals surface area contributed by atoms with Crippen molar-refractivity contribution in [2.24, 2.45) is 0 Å². The first kappa shape index (κ1) is 11.9. The number of thiazole rings is 1. The summed E-state index contributed by atoms with van der Waals surface area (Å²) in [5, 5.41) is 5.07. The van der Waals surface area contributed by atoms with Crippen molar-refractivity contribution in [1.82, 2.24) is 9.88 Å². The normalized spacial score (nSPS) is 18.7. The van der Waals surface area contributed by atoms with Gasteiger partial charge >= 0.3 is 0 Å². The van der Waals surface area contributed by atoms with Crippen LogP contribution in [-0.4, -0.2) is 22.3 Å². The lowest BCUT2D eigenvalue weighted by atomic mass is 10.0. The van der Waals surface area contributed by atoms with Gasteiger partial charge in [0.2, 0.25) is 5.91 Å². The molecule has 1 unspecified atom stereocenters. The molecule has 0 saturated carbocycles. The Bertz CT molecular complexity index is 547. The minimum Gasteiger partial charge on any atom is -0.334 e. The first-order valence-corrected chi connectivity index (χ1v) is 7.74. The molecule has 0 aliphatic carbocycles. The van der Waals surface area contributed by atoms with E-state index in [4.69, 9.17) is 0 Å². The maximum Gasteiger partial charge on any atom is 0.229 e. The van der Waals surface area contributed by atoms with E-state index in [9.17, 15) is 4.79 Å². The van der Waals surface area contributed by atoms with E-state index in [0.29, 0.717) is 12.5 Å². The first-order chi connectivity index (χ1) is 8.74. The maximum absolute atomic E-state index is 12.2. The number of amides is 1. The lowest BCUT2D eigenvalue weighted by Gasteiger charge is -2.40. The van der Waals surface area contributed by atoms with E-state index in [1.54, 1.807) is 22.7 Å². The Hall–Kier alpha value is -1.20. The quantitative estimate of drug-likeness (QED) is 0.864. The van der Waals surface area contributed by atoms with Crippen LogP contribution in [0.3, 0.4) is 0 Å². The number of aryl methyl sites for hydroxylation is 1. The van der Waals surface area contributed by atoms with Crippen molar-refractivity contribution < 1.29 is 4.79 Å². The summed E-state index contributed by atoms with van der Waals surface area (Å²) in [6.07, 6.45) is 1.52. The van der Waals surface area contributed by atoms with Crippen LogP contribution in [0.5, 0.6) is 0 Å². The van der Waals surface area contributed by atoms with E-state index < -0.39 is 0 Å². The minimum atomic E-state index is 0.199. The molecule has 0 bridgehead atoms. The van der Waals surface area contributed by atoms with E-state index >= 15 is 0 Å². The van der Waals surface area contributed by atoms with E-state index in [0.717, 1.165) is 23.7 Å². The van der Waals surface area contributed by atoms with Crippen LogP contribution in [0, 0.1) is 6.92 Å². The van der Waals surface area contributed by atoms with Gasteiger partial charge in [0.05, 0.1) is 23.2 Å². The highest BCUT2D eigenvalue weighted by Gasteiger charge is 2.33. The number of carbonyl (C=O) groups is 1. The first-order valence-electron chi connectivity index (χ1n) is 5.98. The number of hydrogen-bond acceptors (Lipinski definition) is 4. The third-order valence-electron chi connectivity index (χ3n) is 3.21. The van der Waals surface area contributed by atoms with Crippen molar-refractivity contribution in [3.63, 3.8) is 0 Å². The van der Waals surface area contributed by atoms with E-state index in [1.165, 1.54) is 4.88 Å². The third-order valence-corrected chi connectivity index (χ3v) is 5.01. The number of aromatic nitrogens is 1. The summed E-state index contributed by atoms with van der Waals surface area (Å²) >= 11 is 3.33. The van der Waals surface area contributed by atoms with Crippen LogP contribution in [0.1, 0.15) is 28.0 Å². The van der Waals surface area contributed by atoms with Crippen LogP contribution < -0.4 is 0 Å². The zero-order valence-electron chi connectivity index (χ0n) is 10.1. The Morgan fingerprint density at radius 2 is 2.44 bits per heavy atom. The van der Waals surface area contributed by atoms with E-state index in [2.05, 4.69) is 16.4 Å². The van der Waals surface area contributed by atoms with Crippen molar-refractivity contribution in [2.45, 2.75) is 25.8 Å². The smallest absolute Gasteiger partial charge is 0.229 e. The number of rotatable bonds is 3. The number of thiophene rings is 1. The molecule has 2 aromatic heterocycles. The predicted octanol–water partition coefficient (Wildman–Crippen LogP) is 3.03. The Labute approximate surface area is 114 Å². The largest absolute Gasteiger partial charge is 0.334 e. The standard InChI is InChI=1S/C13H14N2OS2/c1-9-14-10(8-18-9)7-13(16)15-5-4-11(15)12-3-2-6-17-12/h2-3,6,8,11H,4-5,7H2,1H3. The molecule has 0 spiro atoms. The fourth-order valence-corrected chi connectivity index (χ4v) is 3.69.